The van der Waals surface area contributed by atoms with E-state index < -0.39 is 0 Å². The average Bonchev–Trinajstić information content (AvgIpc) is 3.82. The number of pyridine rings is 1. The normalized spacial score (nSPS) is 12.6. The van der Waals surface area contributed by atoms with Crippen LogP contribution in [0.2, 0.25) is 0 Å². The smallest absolute Gasteiger partial charge is 0.164 e. The lowest BCUT2D eigenvalue weighted by atomic mass is 9.82. The van der Waals surface area contributed by atoms with Crippen LogP contribution < -0.4 is 0 Å². The summed E-state index contributed by atoms with van der Waals surface area (Å²) < 4.78 is 2.17. The third-order valence-corrected chi connectivity index (χ3v) is 11.8. The second-order valence-electron chi connectivity index (χ2n) is 15.8. The Morgan fingerprint density at radius 1 is 0.400 bits per heavy atom. The van der Waals surface area contributed by atoms with Gasteiger partial charge < -0.3 is 0 Å². The van der Waals surface area contributed by atoms with Gasteiger partial charge in [-0.3, -0.25) is 9.55 Å². The van der Waals surface area contributed by atoms with Crippen molar-refractivity contribution in [2.45, 2.75) is 19.3 Å². The van der Waals surface area contributed by atoms with E-state index in [1.165, 1.54) is 22.3 Å². The molecule has 0 unspecified atom stereocenters. The summed E-state index contributed by atoms with van der Waals surface area (Å²) in [5.41, 5.74) is 16.0. The molecule has 10 aromatic rings. The van der Waals surface area contributed by atoms with Crippen molar-refractivity contribution in [3.63, 3.8) is 0 Å². The van der Waals surface area contributed by atoms with E-state index in [9.17, 15) is 0 Å². The van der Waals surface area contributed by atoms with Gasteiger partial charge in [-0.2, -0.15) is 0 Å². The maximum Gasteiger partial charge on any atom is 0.164 e. The molecule has 0 amide bonds. The Morgan fingerprint density at radius 3 is 1.63 bits per heavy atom. The molecule has 0 aliphatic heterocycles. The van der Waals surface area contributed by atoms with Gasteiger partial charge in [0.15, 0.2) is 23.3 Å². The SMILES string of the molecule is CC1(C)c2ccccc2-c2c(-c3nc(-c4ccccc4)nc(-c4ccc(-c5ccc(-c6ccc(-c7nc8ccccc8n7-c7ccccc7)nc6)cc5)cc4)n3)cccc21. The number of hydrogen-bond donors (Lipinski definition) is 0. The fraction of sp³-hybridized carbons (Fsp3) is 0.0556. The van der Waals surface area contributed by atoms with E-state index >= 15 is 0 Å². The minimum absolute atomic E-state index is 0.126. The molecule has 60 heavy (non-hydrogen) atoms. The zero-order valence-corrected chi connectivity index (χ0v) is 33.2. The summed E-state index contributed by atoms with van der Waals surface area (Å²) in [5, 5.41) is 0. The lowest BCUT2D eigenvalue weighted by molar-refractivity contribution is 0.660. The van der Waals surface area contributed by atoms with Gasteiger partial charge in [0.2, 0.25) is 0 Å². The second kappa shape index (κ2) is 14.2. The van der Waals surface area contributed by atoms with Crippen LogP contribution in [-0.2, 0) is 5.41 Å². The third-order valence-electron chi connectivity index (χ3n) is 11.8. The average molecular weight is 771 g/mol. The number of nitrogens with zero attached hydrogens (tertiary/aromatic N) is 6. The molecule has 0 bridgehead atoms. The van der Waals surface area contributed by atoms with Gasteiger partial charge in [-0.25, -0.2) is 19.9 Å². The first kappa shape index (κ1) is 35.3. The van der Waals surface area contributed by atoms with Crippen molar-refractivity contribution in [1.82, 2.24) is 29.5 Å². The van der Waals surface area contributed by atoms with E-state index in [0.29, 0.717) is 17.5 Å². The molecule has 0 saturated heterocycles. The molecule has 284 valence electrons. The summed E-state index contributed by atoms with van der Waals surface area (Å²) in [6, 6.07) is 65.2. The Bertz CT molecular complexity index is 3190. The van der Waals surface area contributed by atoms with Gasteiger partial charge >= 0.3 is 0 Å². The number of aromatic nitrogens is 6. The number of benzene rings is 7. The maximum atomic E-state index is 5.17. The number of para-hydroxylation sites is 3. The fourth-order valence-electron chi connectivity index (χ4n) is 8.68. The lowest BCUT2D eigenvalue weighted by Gasteiger charge is -2.21. The zero-order valence-electron chi connectivity index (χ0n) is 33.2. The predicted molar refractivity (Wildman–Crippen MR) is 242 cm³/mol. The van der Waals surface area contributed by atoms with Gasteiger partial charge in [-0.05, 0) is 69.3 Å². The van der Waals surface area contributed by atoms with Gasteiger partial charge in [0.25, 0.3) is 0 Å². The van der Waals surface area contributed by atoms with Crippen molar-refractivity contribution in [2.24, 2.45) is 0 Å². The van der Waals surface area contributed by atoms with Crippen molar-refractivity contribution >= 4 is 11.0 Å². The topological polar surface area (TPSA) is 69.4 Å². The van der Waals surface area contributed by atoms with Crippen LogP contribution >= 0.6 is 0 Å². The van der Waals surface area contributed by atoms with E-state index in [1.807, 2.05) is 60.8 Å². The molecule has 1 aliphatic carbocycles. The van der Waals surface area contributed by atoms with Crippen molar-refractivity contribution in [2.75, 3.05) is 0 Å². The number of hydrogen-bond acceptors (Lipinski definition) is 5. The predicted octanol–water partition coefficient (Wildman–Crippen LogP) is 12.9. The summed E-state index contributed by atoms with van der Waals surface area (Å²) in [7, 11) is 0. The Balaban J connectivity index is 0.898. The summed E-state index contributed by atoms with van der Waals surface area (Å²) in [5.74, 6) is 2.77. The van der Waals surface area contributed by atoms with Crippen LogP contribution in [0.5, 0.6) is 0 Å². The Morgan fingerprint density at radius 2 is 0.933 bits per heavy atom. The molecule has 11 rings (SSSR count). The summed E-state index contributed by atoms with van der Waals surface area (Å²) in [4.78, 5) is 25.2. The van der Waals surface area contributed by atoms with E-state index in [0.717, 1.165) is 67.2 Å². The van der Waals surface area contributed by atoms with Crippen molar-refractivity contribution in [1.29, 1.82) is 0 Å². The molecule has 0 atom stereocenters. The van der Waals surface area contributed by atoms with Crippen LogP contribution in [0.25, 0.3) is 95.8 Å². The van der Waals surface area contributed by atoms with Gasteiger partial charge in [0, 0.05) is 39.6 Å². The lowest BCUT2D eigenvalue weighted by Crippen LogP contribution is -2.14. The number of imidazole rings is 1. The first-order valence-electron chi connectivity index (χ1n) is 20.3. The van der Waals surface area contributed by atoms with Crippen LogP contribution in [0.4, 0.5) is 0 Å². The van der Waals surface area contributed by atoms with Crippen LogP contribution in [0.1, 0.15) is 25.0 Å². The molecule has 6 heteroatoms. The molecule has 0 spiro atoms. The summed E-state index contributed by atoms with van der Waals surface area (Å²) in [6.45, 7) is 4.59. The fourth-order valence-corrected chi connectivity index (χ4v) is 8.68. The number of rotatable bonds is 7. The van der Waals surface area contributed by atoms with Gasteiger partial charge in [0.05, 0.1) is 11.0 Å². The summed E-state index contributed by atoms with van der Waals surface area (Å²) in [6.07, 6.45) is 1.93. The third kappa shape index (κ3) is 6.00. The van der Waals surface area contributed by atoms with E-state index in [1.54, 1.807) is 0 Å². The van der Waals surface area contributed by atoms with E-state index in [-0.39, 0.29) is 5.41 Å². The molecule has 0 fully saturated rings. The summed E-state index contributed by atoms with van der Waals surface area (Å²) >= 11 is 0. The molecular weight excluding hydrogens is 733 g/mol. The molecule has 3 heterocycles. The van der Waals surface area contributed by atoms with Crippen molar-refractivity contribution in [3.05, 3.63) is 205 Å². The standard InChI is InChI=1S/C54H38N6/c1-54(2)44-20-10-9-18-42(44)49-43(19-13-21-45(49)54)52-58-50(38-14-5-3-6-15-38)57-51(59-52)39-30-28-36(29-31-39)35-24-26-37(27-25-35)40-32-33-47(55-34-40)53-56-46-22-11-12-23-48(46)60(53)41-16-7-4-8-17-41/h3-34H,1-2H3. The van der Waals surface area contributed by atoms with E-state index in [2.05, 4.69) is 152 Å². The Labute approximate surface area is 348 Å². The molecular formula is C54H38N6. The van der Waals surface area contributed by atoms with Crippen LogP contribution in [-0.4, -0.2) is 29.5 Å². The first-order chi connectivity index (χ1) is 29.5. The number of fused-ring (bicyclic) bond motifs is 4. The largest absolute Gasteiger partial charge is 0.291 e. The quantitative estimate of drug-likeness (QED) is 0.161. The second-order valence-corrected chi connectivity index (χ2v) is 15.8. The highest BCUT2D eigenvalue weighted by atomic mass is 15.1. The van der Waals surface area contributed by atoms with Gasteiger partial charge in [-0.15, -0.1) is 0 Å². The maximum absolute atomic E-state index is 5.17. The Hall–Kier alpha value is -7.83. The molecule has 3 aromatic heterocycles. The van der Waals surface area contributed by atoms with Gasteiger partial charge in [-0.1, -0.05) is 172 Å². The Kier molecular flexibility index (Phi) is 8.38. The van der Waals surface area contributed by atoms with Crippen molar-refractivity contribution < 1.29 is 0 Å². The first-order valence-corrected chi connectivity index (χ1v) is 20.3. The van der Waals surface area contributed by atoms with Crippen LogP contribution in [0, 0.1) is 0 Å². The monoisotopic (exact) mass is 770 g/mol. The highest BCUT2D eigenvalue weighted by Gasteiger charge is 2.37. The highest BCUT2D eigenvalue weighted by Crippen LogP contribution is 2.51. The molecule has 0 N–H and O–H groups in total. The molecule has 6 nitrogen and oxygen atoms in total. The van der Waals surface area contributed by atoms with Crippen LogP contribution in [0.3, 0.4) is 0 Å². The van der Waals surface area contributed by atoms with Gasteiger partial charge in [0.1, 0.15) is 5.69 Å². The molecule has 0 radical (unpaired) electrons. The van der Waals surface area contributed by atoms with Crippen molar-refractivity contribution in [3.8, 4) is 84.7 Å². The molecule has 0 saturated carbocycles. The molecule has 7 aromatic carbocycles. The minimum Gasteiger partial charge on any atom is -0.291 e. The van der Waals surface area contributed by atoms with Crippen LogP contribution in [0.15, 0.2) is 194 Å². The zero-order chi connectivity index (χ0) is 40.2. The highest BCUT2D eigenvalue weighted by molar-refractivity contribution is 5.91. The minimum atomic E-state index is -0.126. The molecule has 1 aliphatic rings. The van der Waals surface area contributed by atoms with E-state index in [4.69, 9.17) is 24.9 Å².